The van der Waals surface area contributed by atoms with Crippen molar-refractivity contribution in [2.75, 3.05) is 23.4 Å². The van der Waals surface area contributed by atoms with E-state index in [1.54, 1.807) is 6.21 Å². The Morgan fingerprint density at radius 1 is 1.20 bits per heavy atom. The van der Waals surface area contributed by atoms with Crippen LogP contribution >= 0.6 is 15.9 Å². The molecule has 0 aliphatic carbocycles. The molecule has 2 rings (SSSR count). The van der Waals surface area contributed by atoms with E-state index in [2.05, 4.69) is 50.2 Å². The Hall–Kier alpha value is -2.09. The first-order valence-electron chi connectivity index (χ1n) is 7.72. The SMILES string of the molecule is CCN(CC)c1ccc(/C=N\Nc2ccc(C(F)(F)F)cn2)cc1Br. The molecular formula is C17H18BrF3N4. The predicted molar refractivity (Wildman–Crippen MR) is 98.2 cm³/mol. The zero-order valence-corrected chi connectivity index (χ0v) is 15.4. The van der Waals surface area contributed by atoms with E-state index in [1.165, 1.54) is 6.07 Å². The standard InChI is InChI=1S/C17H18BrF3N4/c1-3-25(4-2)15-7-5-12(9-14(15)18)10-23-24-16-8-6-13(11-22-16)17(19,20)21/h5-11H,3-4H2,1-2H3,(H,22,24)/b23-10-. The van der Waals surface area contributed by atoms with Crippen molar-refractivity contribution in [3.8, 4) is 0 Å². The van der Waals surface area contributed by atoms with E-state index in [0.717, 1.165) is 41.1 Å². The Balaban J connectivity index is 2.04. The summed E-state index contributed by atoms with van der Waals surface area (Å²) < 4.78 is 38.4. The molecule has 0 spiro atoms. The molecule has 1 aromatic carbocycles. The molecule has 1 N–H and O–H groups in total. The molecule has 0 unspecified atom stereocenters. The summed E-state index contributed by atoms with van der Waals surface area (Å²) in [6.45, 7) is 5.99. The number of benzene rings is 1. The summed E-state index contributed by atoms with van der Waals surface area (Å²) in [5.74, 6) is 0.239. The minimum absolute atomic E-state index is 0.239. The van der Waals surface area contributed by atoms with Crippen molar-refractivity contribution in [1.29, 1.82) is 0 Å². The van der Waals surface area contributed by atoms with E-state index in [1.807, 2.05) is 18.2 Å². The fraction of sp³-hybridized carbons (Fsp3) is 0.294. The van der Waals surface area contributed by atoms with Gasteiger partial charge in [-0.3, -0.25) is 5.43 Å². The van der Waals surface area contributed by atoms with Crippen LogP contribution in [-0.4, -0.2) is 24.3 Å². The molecular weight excluding hydrogens is 397 g/mol. The lowest BCUT2D eigenvalue weighted by Gasteiger charge is -2.22. The van der Waals surface area contributed by atoms with Crippen LogP contribution in [-0.2, 0) is 6.18 Å². The first kappa shape index (κ1) is 19.2. The second kappa shape index (κ2) is 8.33. The van der Waals surface area contributed by atoms with Gasteiger partial charge in [-0.2, -0.15) is 18.3 Å². The van der Waals surface area contributed by atoms with E-state index in [0.29, 0.717) is 0 Å². The van der Waals surface area contributed by atoms with Crippen LogP contribution in [0.2, 0.25) is 0 Å². The topological polar surface area (TPSA) is 40.5 Å². The van der Waals surface area contributed by atoms with Gasteiger partial charge in [0.1, 0.15) is 5.82 Å². The number of alkyl halides is 3. The van der Waals surface area contributed by atoms with Crippen molar-refractivity contribution in [3.05, 3.63) is 52.1 Å². The smallest absolute Gasteiger partial charge is 0.371 e. The third kappa shape index (κ3) is 5.19. The van der Waals surface area contributed by atoms with Crippen molar-refractivity contribution in [1.82, 2.24) is 4.98 Å². The number of pyridine rings is 1. The third-order valence-corrected chi connectivity index (χ3v) is 4.19. The first-order chi connectivity index (χ1) is 11.8. The zero-order valence-electron chi connectivity index (χ0n) is 13.8. The first-order valence-corrected chi connectivity index (χ1v) is 8.51. The van der Waals surface area contributed by atoms with Crippen LogP contribution in [0.5, 0.6) is 0 Å². The van der Waals surface area contributed by atoms with E-state index in [9.17, 15) is 13.2 Å². The number of rotatable bonds is 6. The third-order valence-electron chi connectivity index (χ3n) is 3.56. The van der Waals surface area contributed by atoms with Crippen molar-refractivity contribution in [2.24, 2.45) is 5.10 Å². The average Bonchev–Trinajstić information content (AvgIpc) is 2.57. The van der Waals surface area contributed by atoms with Crippen molar-refractivity contribution >= 4 is 33.6 Å². The van der Waals surface area contributed by atoms with Gasteiger partial charge in [-0.15, -0.1) is 0 Å². The average molecular weight is 415 g/mol. The second-order valence-electron chi connectivity index (χ2n) is 5.18. The molecule has 0 aliphatic rings. The summed E-state index contributed by atoms with van der Waals surface area (Å²) in [4.78, 5) is 5.91. The highest BCUT2D eigenvalue weighted by Gasteiger charge is 2.30. The lowest BCUT2D eigenvalue weighted by atomic mass is 10.2. The van der Waals surface area contributed by atoms with Gasteiger partial charge in [0, 0.05) is 23.8 Å². The molecule has 1 heterocycles. The molecule has 0 saturated carbocycles. The fourth-order valence-corrected chi connectivity index (χ4v) is 2.87. The number of hydrazone groups is 1. The number of nitrogens with zero attached hydrogens (tertiary/aromatic N) is 3. The molecule has 25 heavy (non-hydrogen) atoms. The van der Waals surface area contributed by atoms with Crippen LogP contribution in [0.3, 0.4) is 0 Å². The normalized spacial score (nSPS) is 11.8. The number of hydrogen-bond donors (Lipinski definition) is 1. The molecule has 0 bridgehead atoms. The number of hydrogen-bond acceptors (Lipinski definition) is 4. The minimum Gasteiger partial charge on any atom is -0.371 e. The lowest BCUT2D eigenvalue weighted by Crippen LogP contribution is -2.22. The van der Waals surface area contributed by atoms with Crippen molar-refractivity contribution in [3.63, 3.8) is 0 Å². The quantitative estimate of drug-likeness (QED) is 0.524. The molecule has 2 aromatic rings. The van der Waals surface area contributed by atoms with Crippen LogP contribution in [0.25, 0.3) is 0 Å². The summed E-state index contributed by atoms with van der Waals surface area (Å²) in [7, 11) is 0. The molecule has 0 aliphatic heterocycles. The molecule has 8 heteroatoms. The Morgan fingerprint density at radius 2 is 1.92 bits per heavy atom. The molecule has 1 aromatic heterocycles. The molecule has 0 saturated heterocycles. The van der Waals surface area contributed by atoms with Gasteiger partial charge in [0.25, 0.3) is 0 Å². The zero-order chi connectivity index (χ0) is 18.4. The van der Waals surface area contributed by atoms with Crippen molar-refractivity contribution in [2.45, 2.75) is 20.0 Å². The summed E-state index contributed by atoms with van der Waals surface area (Å²) in [6, 6.07) is 8.04. The highest BCUT2D eigenvalue weighted by molar-refractivity contribution is 9.10. The minimum atomic E-state index is -4.40. The Kier molecular flexibility index (Phi) is 6.41. The highest BCUT2D eigenvalue weighted by Crippen LogP contribution is 2.29. The molecule has 0 fully saturated rings. The van der Waals surface area contributed by atoms with E-state index in [4.69, 9.17) is 0 Å². The predicted octanol–water partition coefficient (Wildman–Crippen LogP) is 5.16. The summed E-state index contributed by atoms with van der Waals surface area (Å²) in [5.41, 5.74) is 3.77. The number of halogens is 4. The van der Waals surface area contributed by atoms with Crippen LogP contribution in [0.4, 0.5) is 24.7 Å². The Bertz CT molecular complexity index is 726. The van der Waals surface area contributed by atoms with E-state index < -0.39 is 11.7 Å². The second-order valence-corrected chi connectivity index (χ2v) is 6.04. The summed E-state index contributed by atoms with van der Waals surface area (Å²) in [5, 5.41) is 4.01. The van der Waals surface area contributed by atoms with Gasteiger partial charge in [0.2, 0.25) is 0 Å². The van der Waals surface area contributed by atoms with E-state index in [-0.39, 0.29) is 5.82 Å². The van der Waals surface area contributed by atoms with Gasteiger partial charge >= 0.3 is 6.18 Å². The van der Waals surface area contributed by atoms with Crippen LogP contribution in [0.1, 0.15) is 25.0 Å². The van der Waals surface area contributed by atoms with Gasteiger partial charge in [-0.1, -0.05) is 6.07 Å². The Morgan fingerprint density at radius 3 is 2.44 bits per heavy atom. The lowest BCUT2D eigenvalue weighted by molar-refractivity contribution is -0.137. The number of aromatic nitrogens is 1. The summed E-state index contributed by atoms with van der Waals surface area (Å²) in [6.07, 6.45) is -2.04. The molecule has 0 amide bonds. The van der Waals surface area contributed by atoms with Gasteiger partial charge in [0.05, 0.1) is 17.5 Å². The maximum Gasteiger partial charge on any atom is 0.417 e. The number of nitrogens with one attached hydrogen (secondary N) is 1. The summed E-state index contributed by atoms with van der Waals surface area (Å²) >= 11 is 3.55. The van der Waals surface area contributed by atoms with Crippen LogP contribution in [0.15, 0.2) is 46.1 Å². The van der Waals surface area contributed by atoms with Gasteiger partial charge in [0.15, 0.2) is 0 Å². The maximum atomic E-state index is 12.5. The van der Waals surface area contributed by atoms with E-state index >= 15 is 0 Å². The number of anilines is 2. The monoisotopic (exact) mass is 414 g/mol. The van der Waals surface area contributed by atoms with Crippen molar-refractivity contribution < 1.29 is 13.2 Å². The fourth-order valence-electron chi connectivity index (χ4n) is 2.22. The van der Waals surface area contributed by atoms with Gasteiger partial charge < -0.3 is 4.90 Å². The maximum absolute atomic E-state index is 12.5. The molecule has 134 valence electrons. The van der Waals surface area contributed by atoms with Gasteiger partial charge in [-0.05, 0) is 59.6 Å². The molecule has 4 nitrogen and oxygen atoms in total. The van der Waals surface area contributed by atoms with Gasteiger partial charge in [-0.25, -0.2) is 4.98 Å². The van der Waals surface area contributed by atoms with Crippen LogP contribution in [0, 0.1) is 0 Å². The molecule has 0 radical (unpaired) electrons. The van der Waals surface area contributed by atoms with Crippen LogP contribution < -0.4 is 10.3 Å². The largest absolute Gasteiger partial charge is 0.417 e. The Labute approximate surface area is 152 Å². The molecule has 0 atom stereocenters. The highest BCUT2D eigenvalue weighted by atomic mass is 79.9.